The van der Waals surface area contributed by atoms with Gasteiger partial charge in [-0.2, -0.15) is 0 Å². The smallest absolute Gasteiger partial charge is 0.329 e. The van der Waals surface area contributed by atoms with Gasteiger partial charge in [-0.15, -0.1) is 0 Å². The zero-order valence-electron chi connectivity index (χ0n) is 27.7. The number of imidazole rings is 1. The van der Waals surface area contributed by atoms with Crippen molar-refractivity contribution in [2.24, 2.45) is 30.4 Å². The van der Waals surface area contributed by atoms with Crippen LogP contribution in [0.5, 0.6) is 0 Å². The molecule has 2 aromatic rings. The summed E-state index contributed by atoms with van der Waals surface area (Å²) in [6.07, 6.45) is 8.91. The first kappa shape index (κ1) is 34.9. The number of primary amides is 1. The lowest BCUT2D eigenvalue weighted by Gasteiger charge is -2.38. The molecule has 2 saturated heterocycles. The van der Waals surface area contributed by atoms with E-state index in [1.807, 2.05) is 17.0 Å². The molecule has 3 heterocycles. The summed E-state index contributed by atoms with van der Waals surface area (Å²) < 4.78 is 2.96. The molecule has 3 aliphatic rings. The number of piperidine rings is 2. The van der Waals surface area contributed by atoms with Crippen LogP contribution in [0.1, 0.15) is 95.1 Å². The second-order valence-electron chi connectivity index (χ2n) is 13.5. The molecule has 0 bridgehead atoms. The molecular formula is C35H47N7O6. The molecule has 3 atom stereocenters. The van der Waals surface area contributed by atoms with Crippen molar-refractivity contribution in [2.45, 2.75) is 102 Å². The van der Waals surface area contributed by atoms with E-state index in [1.54, 1.807) is 13.1 Å². The average molecular weight is 662 g/mol. The quantitative estimate of drug-likeness (QED) is 0.218. The number of amides is 5. The van der Waals surface area contributed by atoms with E-state index in [1.165, 1.54) is 9.13 Å². The summed E-state index contributed by atoms with van der Waals surface area (Å²) >= 11 is 0. The van der Waals surface area contributed by atoms with Gasteiger partial charge in [0.15, 0.2) is 0 Å². The zero-order valence-corrected chi connectivity index (χ0v) is 27.7. The summed E-state index contributed by atoms with van der Waals surface area (Å²) in [4.78, 5) is 76.7. The molecule has 2 aliphatic heterocycles. The van der Waals surface area contributed by atoms with Gasteiger partial charge in [-0.25, -0.2) is 4.79 Å². The van der Waals surface area contributed by atoms with Crippen LogP contribution in [0.25, 0.3) is 11.0 Å². The zero-order chi connectivity index (χ0) is 34.4. The van der Waals surface area contributed by atoms with Gasteiger partial charge in [0.05, 0.1) is 17.1 Å². The first-order valence-electron chi connectivity index (χ1n) is 17.2. The normalized spacial score (nSPS) is 20.5. The predicted molar refractivity (Wildman–Crippen MR) is 179 cm³/mol. The number of carbonyl (C=O) groups excluding carboxylic acids is 5. The van der Waals surface area contributed by atoms with E-state index < -0.39 is 35.8 Å². The van der Waals surface area contributed by atoms with Gasteiger partial charge in [-0.1, -0.05) is 31.1 Å². The Kier molecular flexibility index (Phi) is 11.4. The van der Waals surface area contributed by atoms with Gasteiger partial charge in [-0.3, -0.25) is 38.4 Å². The minimum absolute atomic E-state index is 0.0193. The Morgan fingerprint density at radius 1 is 1.02 bits per heavy atom. The van der Waals surface area contributed by atoms with Crippen molar-refractivity contribution in [1.29, 1.82) is 0 Å². The maximum absolute atomic E-state index is 13.7. The van der Waals surface area contributed by atoms with Crippen LogP contribution >= 0.6 is 0 Å². The Balaban J connectivity index is 1.15. The van der Waals surface area contributed by atoms with Crippen LogP contribution in [0, 0.1) is 23.7 Å². The van der Waals surface area contributed by atoms with Crippen molar-refractivity contribution in [3.63, 3.8) is 0 Å². The Bertz CT molecular complexity index is 1670. The summed E-state index contributed by atoms with van der Waals surface area (Å²) in [6.45, 7) is 1.25. The number of hydrogen-bond donors (Lipinski definition) is 4. The summed E-state index contributed by atoms with van der Waals surface area (Å²) in [5, 5.41) is 5.26. The number of carbonyl (C=O) groups is 5. The number of aromatic nitrogens is 2. The van der Waals surface area contributed by atoms with Gasteiger partial charge in [0.25, 0.3) is 0 Å². The number of aryl methyl sites for hydroxylation is 1. The minimum atomic E-state index is -0.893. The number of imide groups is 1. The summed E-state index contributed by atoms with van der Waals surface area (Å²) in [5.41, 5.74) is 13.0. The third-order valence-corrected chi connectivity index (χ3v) is 10.2. The van der Waals surface area contributed by atoms with Crippen molar-refractivity contribution in [3.8, 4) is 11.8 Å². The number of nitrogens with one attached hydrogen (secondary N) is 2. The summed E-state index contributed by atoms with van der Waals surface area (Å²) in [7, 11) is 1.66. The monoisotopic (exact) mass is 661 g/mol. The SMILES string of the molecule is Cn1c(=O)n(C2CCC(=O)NC2=O)c2ccc(C#CCCC3CCN(C(=O)[C@@H](NC(=O)[C@@H](N)CCC(N)=O)C4CCCCC4)CC3)cc21. The van der Waals surface area contributed by atoms with E-state index >= 15 is 0 Å². The van der Waals surface area contributed by atoms with Crippen molar-refractivity contribution < 1.29 is 24.0 Å². The van der Waals surface area contributed by atoms with Crippen LogP contribution < -0.4 is 27.8 Å². The van der Waals surface area contributed by atoms with Gasteiger partial charge in [-0.05, 0) is 75.0 Å². The highest BCUT2D eigenvalue weighted by molar-refractivity contribution is 6.00. The average Bonchev–Trinajstić information content (AvgIpc) is 3.33. The lowest BCUT2D eigenvalue weighted by Crippen LogP contribution is -2.57. The number of hydrogen-bond acceptors (Lipinski definition) is 7. The van der Waals surface area contributed by atoms with Crippen LogP contribution in [0.15, 0.2) is 23.0 Å². The molecule has 1 saturated carbocycles. The number of nitrogens with two attached hydrogens (primary N) is 2. The maximum atomic E-state index is 13.7. The molecule has 0 radical (unpaired) electrons. The highest BCUT2D eigenvalue weighted by Crippen LogP contribution is 2.29. The molecule has 1 aromatic heterocycles. The fourth-order valence-corrected chi connectivity index (χ4v) is 7.29. The van der Waals surface area contributed by atoms with Crippen LogP contribution in [-0.4, -0.2) is 68.7 Å². The molecule has 1 aliphatic carbocycles. The van der Waals surface area contributed by atoms with E-state index in [4.69, 9.17) is 11.5 Å². The van der Waals surface area contributed by atoms with Crippen molar-refractivity contribution in [2.75, 3.05) is 13.1 Å². The first-order valence-corrected chi connectivity index (χ1v) is 17.2. The molecule has 5 amide bonds. The number of rotatable bonds is 10. The number of nitrogens with zero attached hydrogens (tertiary/aromatic N) is 3. The molecule has 13 heteroatoms. The molecule has 0 spiro atoms. The predicted octanol–water partition coefficient (Wildman–Crippen LogP) is 1.35. The van der Waals surface area contributed by atoms with Crippen molar-refractivity contribution >= 4 is 40.6 Å². The third-order valence-electron chi connectivity index (χ3n) is 10.2. The Morgan fingerprint density at radius 2 is 1.75 bits per heavy atom. The number of benzene rings is 1. The lowest BCUT2D eigenvalue weighted by atomic mass is 9.82. The highest BCUT2D eigenvalue weighted by Gasteiger charge is 2.36. The summed E-state index contributed by atoms with van der Waals surface area (Å²) in [5.74, 6) is 5.20. The van der Waals surface area contributed by atoms with Gasteiger partial charge in [0.2, 0.25) is 29.5 Å². The van der Waals surface area contributed by atoms with Crippen LogP contribution in [0.3, 0.4) is 0 Å². The molecule has 1 unspecified atom stereocenters. The third kappa shape index (κ3) is 8.16. The van der Waals surface area contributed by atoms with E-state index in [2.05, 4.69) is 22.5 Å². The fraction of sp³-hybridized carbons (Fsp3) is 0.600. The van der Waals surface area contributed by atoms with Crippen molar-refractivity contribution in [1.82, 2.24) is 24.7 Å². The molecule has 6 N–H and O–H groups in total. The van der Waals surface area contributed by atoms with Gasteiger partial charge in [0, 0.05) is 45.0 Å². The second-order valence-corrected chi connectivity index (χ2v) is 13.5. The van der Waals surface area contributed by atoms with E-state index in [-0.39, 0.29) is 49.1 Å². The van der Waals surface area contributed by atoms with Gasteiger partial charge < -0.3 is 21.7 Å². The largest absolute Gasteiger partial charge is 0.370 e. The Hall–Kier alpha value is -4.44. The Labute approximate surface area is 280 Å². The van der Waals surface area contributed by atoms with E-state index in [0.717, 1.165) is 56.9 Å². The van der Waals surface area contributed by atoms with Crippen LogP contribution in [-0.2, 0) is 31.0 Å². The first-order chi connectivity index (χ1) is 23.0. The standard InChI is InChI=1S/C35H47N7O6/c1-40-28-21-23(11-13-26(28)42(35(40)48)27-14-16-30(44)38-33(27)46)8-6-5-7-22-17-19-41(20-18-22)34(47)31(24-9-3-2-4-10-24)39-32(45)25(36)12-15-29(37)43/h11,13,21-22,24-25,27,31H,2-5,7,9-10,12,14-20,36H2,1H3,(H2,37,43)(H,39,45)(H,38,44,46)/t25-,27?,31-/m0/s1. The molecule has 1 aromatic carbocycles. The number of fused-ring (bicyclic) bond motifs is 1. The summed E-state index contributed by atoms with van der Waals surface area (Å²) in [6, 6.07) is 3.26. The molecule has 13 nitrogen and oxygen atoms in total. The van der Waals surface area contributed by atoms with E-state index in [9.17, 15) is 28.8 Å². The fourth-order valence-electron chi connectivity index (χ4n) is 7.29. The molecule has 48 heavy (non-hydrogen) atoms. The highest BCUT2D eigenvalue weighted by atomic mass is 16.2. The van der Waals surface area contributed by atoms with Gasteiger partial charge in [0.1, 0.15) is 12.1 Å². The molecular weight excluding hydrogens is 614 g/mol. The minimum Gasteiger partial charge on any atom is -0.370 e. The number of likely N-dealkylation sites (tertiary alicyclic amines) is 1. The molecule has 5 rings (SSSR count). The van der Waals surface area contributed by atoms with Gasteiger partial charge >= 0.3 is 5.69 Å². The maximum Gasteiger partial charge on any atom is 0.329 e. The molecule has 258 valence electrons. The van der Waals surface area contributed by atoms with Crippen LogP contribution in [0.4, 0.5) is 0 Å². The topological polar surface area (TPSA) is 192 Å². The second kappa shape index (κ2) is 15.6. The van der Waals surface area contributed by atoms with Crippen molar-refractivity contribution in [3.05, 3.63) is 34.2 Å². The molecule has 3 fully saturated rings. The van der Waals surface area contributed by atoms with Crippen LogP contribution in [0.2, 0.25) is 0 Å². The van der Waals surface area contributed by atoms with E-state index in [0.29, 0.717) is 36.5 Å². The Morgan fingerprint density at radius 3 is 2.44 bits per heavy atom. The lowest BCUT2D eigenvalue weighted by molar-refractivity contribution is -0.140.